The minimum Gasteiger partial charge on any atom is -0.481 e. The third-order valence-corrected chi connectivity index (χ3v) is 4.55. The first kappa shape index (κ1) is 18.9. The van der Waals surface area contributed by atoms with Crippen molar-refractivity contribution < 1.29 is 24.5 Å². The summed E-state index contributed by atoms with van der Waals surface area (Å²) < 4.78 is 5.29. The average molecular weight is 314 g/mol. The molecule has 2 N–H and O–H groups in total. The molecule has 0 spiro atoms. The fraction of sp³-hybridized carbons (Fsp3) is 0.882. The van der Waals surface area contributed by atoms with Crippen molar-refractivity contribution >= 4 is 11.9 Å². The second-order valence-electron chi connectivity index (χ2n) is 6.68. The first-order valence-corrected chi connectivity index (χ1v) is 8.49. The summed E-state index contributed by atoms with van der Waals surface area (Å²) in [6.07, 6.45) is 6.22. The minimum atomic E-state index is -0.881. The van der Waals surface area contributed by atoms with Crippen LogP contribution >= 0.6 is 0 Å². The molecule has 22 heavy (non-hydrogen) atoms. The van der Waals surface area contributed by atoms with Gasteiger partial charge >= 0.3 is 11.9 Å². The smallest absolute Gasteiger partial charge is 0.309 e. The van der Waals surface area contributed by atoms with Crippen molar-refractivity contribution in [3.05, 3.63) is 0 Å². The van der Waals surface area contributed by atoms with Gasteiger partial charge in [0.05, 0.1) is 24.5 Å². The van der Waals surface area contributed by atoms with Crippen molar-refractivity contribution in [3.8, 4) is 0 Å². The fourth-order valence-corrected chi connectivity index (χ4v) is 3.09. The number of aliphatic carboxylic acids is 1. The first-order chi connectivity index (χ1) is 10.4. The van der Waals surface area contributed by atoms with Gasteiger partial charge in [-0.25, -0.2) is 0 Å². The number of carboxylic acids is 1. The normalized spacial score (nSPS) is 24.5. The number of aliphatic hydroxyl groups is 1. The van der Waals surface area contributed by atoms with E-state index in [0.29, 0.717) is 25.4 Å². The fourth-order valence-electron chi connectivity index (χ4n) is 3.09. The molecule has 0 aromatic carbocycles. The summed E-state index contributed by atoms with van der Waals surface area (Å²) in [5, 5.41) is 18.4. The maximum Gasteiger partial charge on any atom is 0.309 e. The Morgan fingerprint density at radius 2 is 1.73 bits per heavy atom. The van der Waals surface area contributed by atoms with Crippen LogP contribution in [0.2, 0.25) is 0 Å². The van der Waals surface area contributed by atoms with Crippen LogP contribution in [0.15, 0.2) is 0 Å². The zero-order valence-electron chi connectivity index (χ0n) is 13.8. The number of hydrogen-bond acceptors (Lipinski definition) is 4. The summed E-state index contributed by atoms with van der Waals surface area (Å²) in [5.41, 5.74) is 0. The number of hydrogen-bond donors (Lipinski definition) is 2. The number of carboxylic acid groups (broad SMARTS) is 1. The lowest BCUT2D eigenvalue weighted by atomic mass is 9.79. The van der Waals surface area contributed by atoms with Crippen LogP contribution in [0.5, 0.6) is 0 Å². The number of rotatable bonds is 9. The van der Waals surface area contributed by atoms with E-state index in [0.717, 1.165) is 38.5 Å². The highest BCUT2D eigenvalue weighted by Crippen LogP contribution is 2.31. The highest BCUT2D eigenvalue weighted by Gasteiger charge is 2.36. The van der Waals surface area contributed by atoms with Gasteiger partial charge in [0, 0.05) is 0 Å². The largest absolute Gasteiger partial charge is 0.481 e. The SMILES string of the molecule is CC(O)CCC(C)CCCOC(=O)C1CCCCC1C(=O)O. The molecule has 1 saturated carbocycles. The first-order valence-electron chi connectivity index (χ1n) is 8.49. The number of carbonyl (C=O) groups excluding carboxylic acids is 1. The molecule has 4 atom stereocenters. The molecular weight excluding hydrogens is 284 g/mol. The number of carbonyl (C=O) groups is 2. The Kier molecular flexibility index (Phi) is 8.46. The number of ether oxygens (including phenoxy) is 1. The summed E-state index contributed by atoms with van der Waals surface area (Å²) >= 11 is 0. The van der Waals surface area contributed by atoms with E-state index in [1.165, 1.54) is 0 Å². The Bertz CT molecular complexity index is 353. The summed E-state index contributed by atoms with van der Waals surface area (Å²) in [6.45, 7) is 4.28. The molecular formula is C17H30O5. The molecule has 0 amide bonds. The molecule has 0 radical (unpaired) electrons. The lowest BCUT2D eigenvalue weighted by molar-refractivity contribution is -0.159. The maximum atomic E-state index is 12.1. The van der Waals surface area contributed by atoms with Gasteiger partial charge in [0.15, 0.2) is 0 Å². The number of aliphatic hydroxyl groups excluding tert-OH is 1. The standard InChI is InChI=1S/C17H30O5/c1-12(9-10-13(2)18)6-5-11-22-17(21)15-8-4-3-7-14(15)16(19)20/h12-15,18H,3-11H2,1-2H3,(H,19,20). The molecule has 0 aliphatic heterocycles. The van der Waals surface area contributed by atoms with Gasteiger partial charge in [-0.15, -0.1) is 0 Å². The Morgan fingerprint density at radius 3 is 2.32 bits per heavy atom. The zero-order chi connectivity index (χ0) is 16.5. The van der Waals surface area contributed by atoms with E-state index in [-0.39, 0.29) is 12.1 Å². The van der Waals surface area contributed by atoms with E-state index in [1.807, 2.05) is 0 Å². The molecule has 0 bridgehead atoms. The van der Waals surface area contributed by atoms with Crippen molar-refractivity contribution in [2.24, 2.45) is 17.8 Å². The average Bonchev–Trinajstić information content (AvgIpc) is 2.49. The predicted octanol–water partition coefficient (Wildman–Crippen LogP) is 3.00. The molecule has 128 valence electrons. The van der Waals surface area contributed by atoms with Crippen LogP contribution in [-0.4, -0.2) is 34.9 Å². The van der Waals surface area contributed by atoms with Gasteiger partial charge < -0.3 is 14.9 Å². The van der Waals surface area contributed by atoms with Gasteiger partial charge in [-0.05, 0) is 51.4 Å². The highest BCUT2D eigenvalue weighted by atomic mass is 16.5. The van der Waals surface area contributed by atoms with Crippen LogP contribution in [-0.2, 0) is 14.3 Å². The predicted molar refractivity (Wildman–Crippen MR) is 83.4 cm³/mol. The quantitative estimate of drug-likeness (QED) is 0.505. The van der Waals surface area contributed by atoms with Crippen molar-refractivity contribution in [3.63, 3.8) is 0 Å². The monoisotopic (exact) mass is 314 g/mol. The van der Waals surface area contributed by atoms with Gasteiger partial charge in [-0.1, -0.05) is 19.8 Å². The van der Waals surface area contributed by atoms with Crippen molar-refractivity contribution in [1.82, 2.24) is 0 Å². The molecule has 1 fully saturated rings. The Labute approximate surface area is 133 Å². The van der Waals surface area contributed by atoms with Gasteiger partial charge in [-0.2, -0.15) is 0 Å². The van der Waals surface area contributed by atoms with Crippen molar-refractivity contribution in [2.75, 3.05) is 6.61 Å². The van der Waals surface area contributed by atoms with Crippen molar-refractivity contribution in [2.45, 2.75) is 71.3 Å². The summed E-state index contributed by atoms with van der Waals surface area (Å²) in [4.78, 5) is 23.2. The van der Waals surface area contributed by atoms with E-state index >= 15 is 0 Å². The molecule has 1 aliphatic rings. The third-order valence-electron chi connectivity index (χ3n) is 4.55. The third kappa shape index (κ3) is 6.77. The lowest BCUT2D eigenvalue weighted by Crippen LogP contribution is -2.34. The highest BCUT2D eigenvalue weighted by molar-refractivity contribution is 5.81. The van der Waals surface area contributed by atoms with Crippen LogP contribution < -0.4 is 0 Å². The van der Waals surface area contributed by atoms with Crippen LogP contribution in [0, 0.1) is 17.8 Å². The van der Waals surface area contributed by atoms with Gasteiger partial charge in [0.2, 0.25) is 0 Å². The lowest BCUT2D eigenvalue weighted by Gasteiger charge is -2.26. The molecule has 0 aromatic rings. The second-order valence-corrected chi connectivity index (χ2v) is 6.68. The number of esters is 1. The van der Waals surface area contributed by atoms with E-state index in [9.17, 15) is 19.8 Å². The van der Waals surface area contributed by atoms with E-state index in [2.05, 4.69) is 6.92 Å². The molecule has 0 heterocycles. The van der Waals surface area contributed by atoms with Gasteiger partial charge in [0.1, 0.15) is 0 Å². The molecule has 1 rings (SSSR count). The molecule has 4 unspecified atom stereocenters. The second kappa shape index (κ2) is 9.82. The summed E-state index contributed by atoms with van der Waals surface area (Å²) in [7, 11) is 0. The topological polar surface area (TPSA) is 83.8 Å². The van der Waals surface area contributed by atoms with Crippen molar-refractivity contribution in [1.29, 1.82) is 0 Å². The van der Waals surface area contributed by atoms with E-state index < -0.39 is 17.8 Å². The molecule has 5 nitrogen and oxygen atoms in total. The van der Waals surface area contributed by atoms with Crippen LogP contribution in [0.1, 0.15) is 65.2 Å². The van der Waals surface area contributed by atoms with Crippen LogP contribution in [0.25, 0.3) is 0 Å². The minimum absolute atomic E-state index is 0.264. The molecule has 0 aromatic heterocycles. The Balaban J connectivity index is 2.23. The molecule has 0 saturated heterocycles. The van der Waals surface area contributed by atoms with E-state index in [4.69, 9.17) is 4.74 Å². The van der Waals surface area contributed by atoms with Crippen LogP contribution in [0.4, 0.5) is 0 Å². The summed E-state index contributed by atoms with van der Waals surface area (Å²) in [6, 6.07) is 0. The molecule has 5 heteroatoms. The zero-order valence-corrected chi connectivity index (χ0v) is 13.8. The molecule has 1 aliphatic carbocycles. The Hall–Kier alpha value is -1.10. The Morgan fingerprint density at radius 1 is 1.09 bits per heavy atom. The van der Waals surface area contributed by atoms with Gasteiger partial charge in [-0.3, -0.25) is 9.59 Å². The summed E-state index contributed by atoms with van der Waals surface area (Å²) in [5.74, 6) is -1.78. The maximum absolute atomic E-state index is 12.1. The van der Waals surface area contributed by atoms with Gasteiger partial charge in [0.25, 0.3) is 0 Å². The van der Waals surface area contributed by atoms with E-state index in [1.54, 1.807) is 6.92 Å². The van der Waals surface area contributed by atoms with Crippen LogP contribution in [0.3, 0.4) is 0 Å².